The molecule has 0 unspecified atom stereocenters. The first-order valence-corrected chi connectivity index (χ1v) is 5.77. The molecule has 1 aromatic carbocycles. The molecule has 0 fully saturated rings. The Balaban J connectivity index is 2.52. The van der Waals surface area contributed by atoms with Gasteiger partial charge in [-0.05, 0) is 6.07 Å². The molecule has 0 saturated carbocycles. The highest BCUT2D eigenvalue weighted by Gasteiger charge is 2.21. The van der Waals surface area contributed by atoms with E-state index in [2.05, 4.69) is 9.89 Å². The van der Waals surface area contributed by atoms with E-state index in [1.807, 2.05) is 19.2 Å². The first-order chi connectivity index (χ1) is 8.71. The summed E-state index contributed by atoms with van der Waals surface area (Å²) >= 11 is 0. The van der Waals surface area contributed by atoms with Crippen molar-refractivity contribution in [3.05, 3.63) is 17.7 Å². The van der Waals surface area contributed by atoms with Gasteiger partial charge in [0.25, 0.3) is 0 Å². The van der Waals surface area contributed by atoms with Gasteiger partial charge in [-0.2, -0.15) is 0 Å². The molecular weight excluding hydrogens is 232 g/mol. The Morgan fingerprint density at radius 3 is 2.11 bits per heavy atom. The minimum absolute atomic E-state index is 0.652. The molecule has 0 saturated heterocycles. The fourth-order valence-corrected chi connectivity index (χ4v) is 2.03. The van der Waals surface area contributed by atoms with E-state index < -0.39 is 0 Å². The number of hydrogen-bond acceptors (Lipinski definition) is 5. The highest BCUT2D eigenvalue weighted by molar-refractivity contribution is 6.02. The predicted octanol–water partition coefficient (Wildman–Crippen LogP) is 1.40. The fraction of sp³-hybridized carbons (Fsp3) is 0.462. The molecule has 1 aliphatic heterocycles. The molecule has 1 aromatic rings. The molecule has 1 heterocycles. The number of methoxy groups -OCH3 is 3. The van der Waals surface area contributed by atoms with Gasteiger partial charge in [0.1, 0.15) is 11.6 Å². The van der Waals surface area contributed by atoms with Gasteiger partial charge >= 0.3 is 0 Å². The molecule has 0 aliphatic carbocycles. The summed E-state index contributed by atoms with van der Waals surface area (Å²) in [5, 5.41) is 0. The summed E-state index contributed by atoms with van der Waals surface area (Å²) in [6.45, 7) is 1.73. The van der Waals surface area contributed by atoms with Crippen molar-refractivity contribution in [2.45, 2.75) is 0 Å². The molecule has 0 N–H and O–H groups in total. The van der Waals surface area contributed by atoms with Gasteiger partial charge in [-0.1, -0.05) is 0 Å². The minimum Gasteiger partial charge on any atom is -0.496 e. The Kier molecular flexibility index (Phi) is 3.60. The molecule has 0 spiro atoms. The number of hydrogen-bond donors (Lipinski definition) is 0. The second-order valence-corrected chi connectivity index (χ2v) is 4.03. The van der Waals surface area contributed by atoms with E-state index in [1.165, 1.54) is 0 Å². The van der Waals surface area contributed by atoms with Crippen molar-refractivity contribution in [3.63, 3.8) is 0 Å². The number of amidine groups is 1. The van der Waals surface area contributed by atoms with Crippen LogP contribution in [0.2, 0.25) is 0 Å². The second kappa shape index (κ2) is 5.16. The van der Waals surface area contributed by atoms with Gasteiger partial charge in [0.05, 0.1) is 33.4 Å². The lowest BCUT2D eigenvalue weighted by Gasteiger charge is -2.18. The van der Waals surface area contributed by atoms with Gasteiger partial charge in [0.2, 0.25) is 0 Å². The molecule has 18 heavy (non-hydrogen) atoms. The van der Waals surface area contributed by atoms with E-state index >= 15 is 0 Å². The average Bonchev–Trinajstić information content (AvgIpc) is 2.83. The number of rotatable bonds is 4. The Hall–Kier alpha value is -1.91. The van der Waals surface area contributed by atoms with Gasteiger partial charge < -0.3 is 19.1 Å². The molecule has 5 heteroatoms. The SMILES string of the molecule is COc1cc(OC)c(C2=NCCN2C)cc1OC. The molecular formula is C13H18N2O3. The molecule has 0 amide bonds. The van der Waals surface area contributed by atoms with Gasteiger partial charge in [0.15, 0.2) is 11.5 Å². The number of aliphatic imine (C=N–C) groups is 1. The highest BCUT2D eigenvalue weighted by atomic mass is 16.5. The van der Waals surface area contributed by atoms with Crippen LogP contribution in [0.5, 0.6) is 17.2 Å². The molecule has 0 bridgehead atoms. The van der Waals surface area contributed by atoms with Crippen molar-refractivity contribution >= 4 is 5.84 Å². The van der Waals surface area contributed by atoms with Crippen LogP contribution in [0.3, 0.4) is 0 Å². The van der Waals surface area contributed by atoms with Crippen LogP contribution in [-0.2, 0) is 0 Å². The van der Waals surface area contributed by atoms with E-state index in [-0.39, 0.29) is 0 Å². The number of nitrogens with zero attached hydrogens (tertiary/aromatic N) is 2. The van der Waals surface area contributed by atoms with Crippen LogP contribution in [0.1, 0.15) is 5.56 Å². The van der Waals surface area contributed by atoms with Gasteiger partial charge in [-0.3, -0.25) is 4.99 Å². The highest BCUT2D eigenvalue weighted by Crippen LogP contribution is 2.35. The standard InChI is InChI=1S/C13H18N2O3/c1-15-6-5-14-13(15)9-7-11(17-3)12(18-4)8-10(9)16-2/h7-8H,5-6H2,1-4H3. The number of benzene rings is 1. The average molecular weight is 250 g/mol. The van der Waals surface area contributed by atoms with Crippen LogP contribution in [-0.4, -0.2) is 52.2 Å². The molecule has 2 rings (SSSR count). The Morgan fingerprint density at radius 1 is 1.00 bits per heavy atom. The Labute approximate surface area is 107 Å². The number of likely N-dealkylation sites (N-methyl/N-ethyl adjacent to an activating group) is 1. The van der Waals surface area contributed by atoms with Crippen LogP contribution in [0.4, 0.5) is 0 Å². The molecule has 1 aliphatic rings. The second-order valence-electron chi connectivity index (χ2n) is 4.03. The van der Waals surface area contributed by atoms with Gasteiger partial charge in [0, 0.05) is 19.7 Å². The van der Waals surface area contributed by atoms with E-state index in [1.54, 1.807) is 21.3 Å². The van der Waals surface area contributed by atoms with Crippen molar-refractivity contribution in [2.75, 3.05) is 41.5 Å². The van der Waals surface area contributed by atoms with Crippen molar-refractivity contribution < 1.29 is 14.2 Å². The summed E-state index contributed by atoms with van der Waals surface area (Å²) < 4.78 is 16.0. The van der Waals surface area contributed by atoms with Gasteiger partial charge in [-0.15, -0.1) is 0 Å². The Morgan fingerprint density at radius 2 is 1.61 bits per heavy atom. The van der Waals surface area contributed by atoms with Crippen LogP contribution in [0, 0.1) is 0 Å². The van der Waals surface area contributed by atoms with E-state index in [4.69, 9.17) is 14.2 Å². The smallest absolute Gasteiger partial charge is 0.164 e. The fourth-order valence-electron chi connectivity index (χ4n) is 2.03. The van der Waals surface area contributed by atoms with Crippen LogP contribution >= 0.6 is 0 Å². The van der Waals surface area contributed by atoms with Crippen molar-refractivity contribution in [1.82, 2.24) is 4.90 Å². The third-order valence-electron chi connectivity index (χ3n) is 3.01. The lowest BCUT2D eigenvalue weighted by Crippen LogP contribution is -2.24. The Bertz CT molecular complexity index is 472. The third kappa shape index (κ3) is 2.08. The molecule has 5 nitrogen and oxygen atoms in total. The van der Waals surface area contributed by atoms with Crippen LogP contribution in [0.25, 0.3) is 0 Å². The van der Waals surface area contributed by atoms with Crippen molar-refractivity contribution in [1.29, 1.82) is 0 Å². The van der Waals surface area contributed by atoms with Crippen LogP contribution < -0.4 is 14.2 Å². The summed E-state index contributed by atoms with van der Waals surface area (Å²) in [7, 11) is 6.88. The topological polar surface area (TPSA) is 43.3 Å². The molecule has 0 aromatic heterocycles. The van der Waals surface area contributed by atoms with E-state index in [0.29, 0.717) is 11.5 Å². The zero-order valence-electron chi connectivity index (χ0n) is 11.2. The van der Waals surface area contributed by atoms with Crippen LogP contribution in [0.15, 0.2) is 17.1 Å². The lowest BCUT2D eigenvalue weighted by molar-refractivity contribution is 0.348. The zero-order chi connectivity index (χ0) is 13.1. The van der Waals surface area contributed by atoms with E-state index in [0.717, 1.165) is 30.2 Å². The summed E-state index contributed by atoms with van der Waals surface area (Å²) in [6, 6.07) is 3.72. The van der Waals surface area contributed by atoms with E-state index in [9.17, 15) is 0 Å². The zero-order valence-corrected chi connectivity index (χ0v) is 11.2. The molecule has 0 radical (unpaired) electrons. The summed E-state index contributed by atoms with van der Waals surface area (Å²) in [6.07, 6.45) is 0. The largest absolute Gasteiger partial charge is 0.496 e. The lowest BCUT2D eigenvalue weighted by atomic mass is 10.1. The van der Waals surface area contributed by atoms with Crippen molar-refractivity contribution in [3.8, 4) is 17.2 Å². The maximum Gasteiger partial charge on any atom is 0.164 e. The first kappa shape index (κ1) is 12.5. The number of ether oxygens (including phenoxy) is 3. The maximum atomic E-state index is 5.41. The summed E-state index contributed by atoms with van der Waals surface area (Å²) in [5.74, 6) is 2.99. The minimum atomic E-state index is 0.652. The molecule has 0 atom stereocenters. The monoisotopic (exact) mass is 250 g/mol. The maximum absolute atomic E-state index is 5.41. The summed E-state index contributed by atoms with van der Waals surface area (Å²) in [5.41, 5.74) is 0.926. The first-order valence-electron chi connectivity index (χ1n) is 5.77. The predicted molar refractivity (Wildman–Crippen MR) is 70.1 cm³/mol. The van der Waals surface area contributed by atoms with Crippen molar-refractivity contribution in [2.24, 2.45) is 4.99 Å². The normalized spacial score (nSPS) is 14.4. The van der Waals surface area contributed by atoms with Gasteiger partial charge in [-0.25, -0.2) is 0 Å². The summed E-state index contributed by atoms with van der Waals surface area (Å²) in [4.78, 5) is 6.59. The molecule has 98 valence electrons. The quantitative estimate of drug-likeness (QED) is 0.810. The third-order valence-corrected chi connectivity index (χ3v) is 3.01.